The van der Waals surface area contributed by atoms with Gasteiger partial charge in [-0.2, -0.15) is 39.5 Å². The van der Waals surface area contributed by atoms with Crippen LogP contribution in [-0.4, -0.2) is 31.4 Å². The first-order chi connectivity index (χ1) is 9.47. The number of halogens is 10. The van der Waals surface area contributed by atoms with E-state index < -0.39 is 48.7 Å². The van der Waals surface area contributed by atoms with Gasteiger partial charge >= 0.3 is 41.6 Å². The van der Waals surface area contributed by atoms with E-state index >= 15 is 0 Å². The average Bonchev–Trinajstić information content (AvgIpc) is 2.22. The van der Waals surface area contributed by atoms with Gasteiger partial charge in [-0.05, 0) is 14.4 Å². The summed E-state index contributed by atoms with van der Waals surface area (Å²) < 4.78 is 115. The van der Waals surface area contributed by atoms with Crippen LogP contribution in [0.1, 0.15) is 16.7 Å². The van der Waals surface area contributed by atoms with Gasteiger partial charge in [0.05, 0.1) is 16.7 Å². The summed E-state index contributed by atoms with van der Waals surface area (Å²) in [6, 6.07) is 0.0696. The summed E-state index contributed by atoms with van der Waals surface area (Å²) in [6.45, 7) is 1.54. The Morgan fingerprint density at radius 1 is 0.750 bits per heavy atom. The van der Waals surface area contributed by atoms with Crippen molar-refractivity contribution in [1.29, 1.82) is 0 Å². The Balaban J connectivity index is 0. The Labute approximate surface area is 158 Å². The number of rotatable bonds is 1. The van der Waals surface area contributed by atoms with E-state index in [0.29, 0.717) is 0 Å². The molecule has 1 rings (SSSR count). The van der Waals surface area contributed by atoms with Crippen LogP contribution in [0.15, 0.2) is 12.1 Å². The normalized spacial score (nSPS) is 13.2. The van der Waals surface area contributed by atoms with E-state index in [1.165, 1.54) is 0 Å². The fourth-order valence-electron chi connectivity index (χ4n) is 1.93. The topological polar surface area (TPSA) is 23.1 Å². The van der Waals surface area contributed by atoms with Crippen molar-refractivity contribution in [2.24, 2.45) is 0 Å². The summed E-state index contributed by atoms with van der Waals surface area (Å²) in [5.74, 6) is 0. The molecule has 0 saturated carbocycles. The van der Waals surface area contributed by atoms with Crippen molar-refractivity contribution in [2.45, 2.75) is 31.6 Å². The molecule has 1 nitrogen and oxygen atoms in total. The van der Waals surface area contributed by atoms with Crippen LogP contribution in [0.2, 0.25) is 13.1 Å². The molecule has 1 aromatic carbocycles. The zero-order valence-electron chi connectivity index (χ0n) is 12.0. The van der Waals surface area contributed by atoms with E-state index in [9.17, 15) is 44.3 Å². The summed E-state index contributed by atoms with van der Waals surface area (Å²) in [6.07, 6.45) is -17.3. The minimum atomic E-state index is -5.91. The smallest absolute Gasteiger partial charge is 1.00 e. The van der Waals surface area contributed by atoms with Crippen molar-refractivity contribution in [3.63, 3.8) is 0 Å². The van der Waals surface area contributed by atoms with Gasteiger partial charge in [-0.1, -0.05) is 24.3 Å². The molecule has 0 N–H and O–H groups in total. The molecule has 13 heteroatoms. The van der Waals surface area contributed by atoms with Crippen LogP contribution in [0.4, 0.5) is 39.5 Å². The van der Waals surface area contributed by atoms with E-state index in [-0.39, 0.29) is 52.2 Å². The monoisotopic (exact) mass is 458 g/mol. The quantitative estimate of drug-likeness (QED) is 0.433. The molecule has 0 aliphatic heterocycles. The summed E-state index contributed by atoms with van der Waals surface area (Å²) in [7, 11) is -4.22. The molecule has 0 amide bonds. The maximum Gasteiger partial charge on any atom is 2.00 e. The molecule has 0 saturated heterocycles. The van der Waals surface area contributed by atoms with Crippen LogP contribution in [0, 0.1) is 0 Å². The second kappa shape index (κ2) is 7.72. The maximum atomic E-state index is 13.0. The summed E-state index contributed by atoms with van der Waals surface area (Å²) in [4.78, 5) is 11.8. The Morgan fingerprint density at radius 3 is 1.38 bits per heavy atom. The molecule has 134 valence electrons. The van der Waals surface area contributed by atoms with Crippen LogP contribution in [-0.2, 0) is 18.5 Å². The molecule has 0 aliphatic rings. The minimum Gasteiger partial charge on any atom is -1.00 e. The van der Waals surface area contributed by atoms with Crippen LogP contribution >= 0.6 is 0 Å². The Hall–Kier alpha value is 0.0131. The summed E-state index contributed by atoms with van der Waals surface area (Å²) in [5, 5.41) is -1.26. The van der Waals surface area contributed by atoms with Crippen molar-refractivity contribution in [1.82, 2.24) is 0 Å². The van der Waals surface area contributed by atoms with Gasteiger partial charge in [0.2, 0.25) is 0 Å². The molecule has 0 aromatic heterocycles. The van der Waals surface area contributed by atoms with E-state index in [1.807, 2.05) is 0 Å². The van der Waals surface area contributed by atoms with Crippen LogP contribution < -0.4 is 27.0 Å². The molecule has 0 heterocycles. The van der Waals surface area contributed by atoms with Crippen molar-refractivity contribution in [3.8, 4) is 0 Å². The fourth-order valence-corrected chi connectivity index (χ4v) is 3.28. The van der Waals surface area contributed by atoms with Crippen LogP contribution in [0.5, 0.6) is 0 Å². The molecular formula is C11H8BrF9MgOSi. The fraction of sp³-hybridized carbons (Fsp3) is 0.455. The van der Waals surface area contributed by atoms with Crippen molar-refractivity contribution >= 4 is 36.6 Å². The molecule has 0 radical (unpaired) electrons. The zero-order valence-corrected chi connectivity index (χ0v) is 16.0. The van der Waals surface area contributed by atoms with Crippen LogP contribution in [0.3, 0.4) is 0 Å². The Kier molecular flexibility index (Phi) is 8.44. The zero-order chi connectivity index (χ0) is 17.7. The van der Waals surface area contributed by atoms with Crippen molar-refractivity contribution in [3.05, 3.63) is 28.8 Å². The molecule has 0 atom stereocenters. The maximum absolute atomic E-state index is 13.0. The predicted octanol–water partition coefficient (Wildman–Crippen LogP) is 0.139. The Morgan fingerprint density at radius 2 is 1.12 bits per heavy atom. The number of hydrogen-bond donors (Lipinski definition) is 0. The van der Waals surface area contributed by atoms with Gasteiger partial charge in [0.15, 0.2) is 0 Å². The first kappa shape index (κ1) is 26.2. The molecular weight excluding hydrogens is 451 g/mol. The number of alkyl halides is 9. The third-order valence-electron chi connectivity index (χ3n) is 2.73. The molecule has 24 heavy (non-hydrogen) atoms. The summed E-state index contributed by atoms with van der Waals surface area (Å²) in [5.41, 5.74) is -7.86. The summed E-state index contributed by atoms with van der Waals surface area (Å²) >= 11 is 0. The molecule has 1 aromatic rings. The van der Waals surface area contributed by atoms with Gasteiger partial charge in [0.1, 0.15) is 0 Å². The van der Waals surface area contributed by atoms with Gasteiger partial charge in [0, 0.05) is 0 Å². The third-order valence-corrected chi connectivity index (χ3v) is 4.44. The van der Waals surface area contributed by atoms with Gasteiger partial charge < -0.3 is 21.8 Å². The first-order valence-corrected chi connectivity index (χ1v) is 8.47. The third kappa shape index (κ3) is 5.78. The standard InChI is InChI=1S/C11H8F9OSi.BrH.Mg/c1-22(2,21)6-4-3-5(9(12,13)14)7(10(15,16)17)8(6)11(18,19)20;;/h3-4H,1-2H3;1H;/q-1;;+2/p-1. The largest absolute Gasteiger partial charge is 2.00 e. The minimum absolute atomic E-state index is 0. The van der Waals surface area contributed by atoms with Gasteiger partial charge in [0.25, 0.3) is 0 Å². The van der Waals surface area contributed by atoms with E-state index in [1.54, 1.807) is 0 Å². The molecule has 0 bridgehead atoms. The molecule has 0 spiro atoms. The molecule has 0 fully saturated rings. The van der Waals surface area contributed by atoms with E-state index in [0.717, 1.165) is 13.1 Å². The second-order valence-corrected chi connectivity index (χ2v) is 8.47. The predicted molar refractivity (Wildman–Crippen MR) is 64.3 cm³/mol. The van der Waals surface area contributed by atoms with E-state index in [4.69, 9.17) is 0 Å². The molecule has 0 unspecified atom stereocenters. The van der Waals surface area contributed by atoms with E-state index in [2.05, 4.69) is 0 Å². The second-order valence-electron chi connectivity index (χ2n) is 4.91. The van der Waals surface area contributed by atoms with Gasteiger partial charge in [-0.15, -0.1) is 0 Å². The van der Waals surface area contributed by atoms with Crippen molar-refractivity contribution in [2.75, 3.05) is 0 Å². The SMILES string of the molecule is C[Si](C)([O-])c1ccc(C(F)(F)F)c(C(F)(F)F)c1C(F)(F)F.[Br-].[Mg+2]. The average molecular weight is 459 g/mol. The van der Waals surface area contributed by atoms with Gasteiger partial charge in [-0.25, -0.2) is 0 Å². The molecule has 0 aliphatic carbocycles. The number of benzene rings is 1. The first-order valence-electron chi connectivity index (χ1n) is 5.57. The van der Waals surface area contributed by atoms with Gasteiger partial charge in [-0.3, -0.25) is 0 Å². The van der Waals surface area contributed by atoms with Crippen molar-refractivity contribution < 1.29 is 61.3 Å². The Bertz CT molecular complexity index is 524. The van der Waals surface area contributed by atoms with Crippen LogP contribution in [0.25, 0.3) is 0 Å². The number of hydrogen-bond acceptors (Lipinski definition) is 1.